The van der Waals surface area contributed by atoms with Crippen LogP contribution in [-0.4, -0.2) is 24.9 Å². The molecule has 0 saturated heterocycles. The van der Waals surface area contributed by atoms with Gasteiger partial charge in [0.1, 0.15) is 0 Å². The van der Waals surface area contributed by atoms with Gasteiger partial charge in [-0.1, -0.05) is 43.7 Å². The molecule has 0 aliphatic heterocycles. The summed E-state index contributed by atoms with van der Waals surface area (Å²) in [6.07, 6.45) is 10.2. The van der Waals surface area contributed by atoms with Crippen molar-refractivity contribution < 1.29 is 69.8 Å². The van der Waals surface area contributed by atoms with Gasteiger partial charge in [-0.2, -0.15) is 0 Å². The van der Waals surface area contributed by atoms with Crippen molar-refractivity contribution in [2.24, 2.45) is 0 Å². The quantitative estimate of drug-likeness (QED) is 0.115. The Kier molecular flexibility index (Phi) is 14.7. The average molecular weight is 777 g/mol. The number of halogens is 12. The van der Waals surface area contributed by atoms with Crippen LogP contribution >= 0.6 is 15.6 Å². The first-order chi connectivity index (χ1) is 19.0. The molecule has 250 valence electrons. The van der Waals surface area contributed by atoms with E-state index < -0.39 is 15.6 Å². The molecular weight excluding hydrogens is 749 g/mol. The van der Waals surface area contributed by atoms with Crippen molar-refractivity contribution in [1.82, 2.24) is 24.9 Å². The summed E-state index contributed by atoms with van der Waals surface area (Å²) in [5.74, 6) is 1.76. The van der Waals surface area contributed by atoms with Crippen LogP contribution in [0.25, 0.3) is 11.6 Å². The third-order valence-electron chi connectivity index (χ3n) is 3.92. The van der Waals surface area contributed by atoms with E-state index >= 15 is 0 Å². The molecule has 3 aromatic heterocycles. The molecule has 0 atom stereocenters. The van der Waals surface area contributed by atoms with E-state index in [0.717, 1.165) is 0 Å². The predicted octanol–water partition coefficient (Wildman–Crippen LogP) is 12.2. The molecular formula is C24H27F12N5P2Ru. The smallest absolute Gasteiger partial charge is 0.234 e. The molecule has 4 rings (SSSR count). The monoisotopic (exact) mass is 777 g/mol. The molecule has 4 aromatic rings. The molecule has 0 bridgehead atoms. The van der Waals surface area contributed by atoms with Crippen LogP contribution < -0.4 is 0 Å². The summed E-state index contributed by atoms with van der Waals surface area (Å²) in [6, 6.07) is 16.2. The molecule has 3 heterocycles. The second kappa shape index (κ2) is 15.0. The summed E-state index contributed by atoms with van der Waals surface area (Å²) in [5.41, 5.74) is 4.02. The second-order valence-corrected chi connectivity index (χ2v) is 12.5. The third kappa shape index (κ3) is 37.2. The van der Waals surface area contributed by atoms with Crippen molar-refractivity contribution in [3.63, 3.8) is 0 Å². The fourth-order valence-corrected chi connectivity index (χ4v) is 2.21. The van der Waals surface area contributed by atoms with Crippen LogP contribution in [0.5, 0.6) is 0 Å². The van der Waals surface area contributed by atoms with Gasteiger partial charge < -0.3 is 0 Å². The molecule has 20 heteroatoms. The van der Waals surface area contributed by atoms with E-state index in [1.807, 2.05) is 19.1 Å². The molecule has 0 spiro atoms. The Morgan fingerprint density at radius 2 is 0.750 bits per heavy atom. The van der Waals surface area contributed by atoms with Crippen LogP contribution in [0.3, 0.4) is 0 Å². The van der Waals surface area contributed by atoms with Gasteiger partial charge in [-0.25, -0.2) is 19.9 Å². The third-order valence-corrected chi connectivity index (χ3v) is 3.92. The van der Waals surface area contributed by atoms with E-state index in [4.69, 9.17) is 0 Å². The molecule has 0 unspecified atom stereocenters. The van der Waals surface area contributed by atoms with Crippen LogP contribution in [0.4, 0.5) is 50.4 Å². The first-order valence-electron chi connectivity index (χ1n) is 11.6. The Balaban J connectivity index is 0. The largest absolute Gasteiger partial charge is 2.00 e. The minimum Gasteiger partial charge on any atom is -0.234 e. The zero-order chi connectivity index (χ0) is 33.7. The first kappa shape index (κ1) is 43.3. The van der Waals surface area contributed by atoms with Crippen LogP contribution in [-0.2, 0) is 19.5 Å². The first-order valence-corrected chi connectivity index (χ1v) is 15.6. The van der Waals surface area contributed by atoms with Crippen LogP contribution in [0, 0.1) is 13.8 Å². The summed E-state index contributed by atoms with van der Waals surface area (Å²) >= 11 is 0. The number of hydrogen-bond acceptors (Lipinski definition) is 5. The van der Waals surface area contributed by atoms with Gasteiger partial charge in [0, 0.05) is 37.2 Å². The van der Waals surface area contributed by atoms with Crippen molar-refractivity contribution >= 4 is 15.6 Å². The van der Waals surface area contributed by atoms with Gasteiger partial charge in [-0.15, -0.1) is 0 Å². The Hall–Kier alpha value is -2.83. The van der Waals surface area contributed by atoms with E-state index in [2.05, 4.69) is 70.0 Å². The maximum atomic E-state index is 9.87. The van der Waals surface area contributed by atoms with Crippen molar-refractivity contribution in [2.45, 2.75) is 33.6 Å². The second-order valence-electron chi connectivity index (χ2n) is 8.65. The molecule has 0 saturated carbocycles. The van der Waals surface area contributed by atoms with E-state index in [-0.39, 0.29) is 19.5 Å². The van der Waals surface area contributed by atoms with Crippen molar-refractivity contribution in [2.75, 3.05) is 0 Å². The summed E-state index contributed by atoms with van der Waals surface area (Å²) < 4.78 is 118. The molecule has 5 nitrogen and oxygen atoms in total. The van der Waals surface area contributed by atoms with E-state index in [0.29, 0.717) is 17.6 Å². The molecule has 0 aliphatic rings. The van der Waals surface area contributed by atoms with E-state index in [1.165, 1.54) is 16.7 Å². The van der Waals surface area contributed by atoms with Crippen LogP contribution in [0.15, 0.2) is 85.7 Å². The molecule has 0 aliphatic carbocycles. The van der Waals surface area contributed by atoms with E-state index in [9.17, 15) is 50.4 Å². The summed E-state index contributed by atoms with van der Waals surface area (Å²) in [5, 5.41) is 0. The zero-order valence-corrected chi connectivity index (χ0v) is 26.7. The van der Waals surface area contributed by atoms with E-state index in [1.54, 1.807) is 49.3 Å². The van der Waals surface area contributed by atoms with Gasteiger partial charge in [0.05, 0.1) is 0 Å². The standard InChI is InChI=1S/C10H14.C8H6N4.C6H7N.2F6P.Ru/c1-8(2)10-6-4-9(3)5-7-10;1-3-9-7(10-4-1)8-11-5-2-6-12-8;1-6-2-4-7-5-3-6;2*1-7(2,3,4,5)6;/h4-8H,1-3H3;1-6H;2-5H,1H3;;;/q;;;2*-1;+2. The van der Waals surface area contributed by atoms with Gasteiger partial charge in [0.2, 0.25) is 0 Å². The molecule has 0 fully saturated rings. The summed E-state index contributed by atoms with van der Waals surface area (Å²) in [4.78, 5) is 19.9. The van der Waals surface area contributed by atoms with Gasteiger partial charge in [-0.3, -0.25) is 4.98 Å². The average Bonchev–Trinajstić information content (AvgIpc) is 2.83. The van der Waals surface area contributed by atoms with Crippen LogP contribution in [0.1, 0.15) is 36.5 Å². The molecule has 1 aromatic carbocycles. The van der Waals surface area contributed by atoms with Gasteiger partial charge >= 0.3 is 85.5 Å². The van der Waals surface area contributed by atoms with Gasteiger partial charge in [0.15, 0.2) is 11.6 Å². The van der Waals surface area contributed by atoms with Crippen LogP contribution in [0.2, 0.25) is 0 Å². The molecule has 44 heavy (non-hydrogen) atoms. The molecule has 0 amide bonds. The Morgan fingerprint density at radius 3 is 0.977 bits per heavy atom. The number of nitrogens with zero attached hydrogens (tertiary/aromatic N) is 5. The zero-order valence-electron chi connectivity index (χ0n) is 23.2. The number of rotatable bonds is 2. The Bertz CT molecular complexity index is 1280. The number of pyridine rings is 1. The Labute approximate surface area is 257 Å². The number of benzene rings is 1. The number of hydrogen-bond donors (Lipinski definition) is 0. The molecule has 0 N–H and O–H groups in total. The topological polar surface area (TPSA) is 64.5 Å². The van der Waals surface area contributed by atoms with Crippen molar-refractivity contribution in [3.05, 3.63) is 102 Å². The maximum Gasteiger partial charge on any atom is 2.00 e. The normalized spacial score (nSPS) is 13.8. The number of aryl methyl sites for hydroxylation is 2. The maximum absolute atomic E-state index is 10.7. The van der Waals surface area contributed by atoms with Gasteiger partial charge in [-0.05, 0) is 55.2 Å². The van der Waals surface area contributed by atoms with Gasteiger partial charge in [0.25, 0.3) is 0 Å². The fourth-order valence-electron chi connectivity index (χ4n) is 2.21. The fraction of sp³-hybridized carbons (Fsp3) is 0.208. The molecule has 0 radical (unpaired) electrons. The number of aromatic nitrogens is 5. The predicted molar refractivity (Wildman–Crippen MR) is 144 cm³/mol. The Morgan fingerprint density at radius 1 is 0.477 bits per heavy atom. The summed E-state index contributed by atoms with van der Waals surface area (Å²) in [6.45, 7) is 8.58. The van der Waals surface area contributed by atoms with Crippen molar-refractivity contribution in [3.8, 4) is 11.6 Å². The summed E-state index contributed by atoms with van der Waals surface area (Å²) in [7, 11) is -21.3. The SMILES string of the molecule is Cc1ccc(C(C)C)cc1.Cc1ccncc1.F[P-](F)(F)(F)(F)F.F[P-](F)(F)(F)(F)F.[Ru+2].c1cnc(-c2ncccn2)nc1. The minimum atomic E-state index is -10.7. The van der Waals surface area contributed by atoms with Crippen molar-refractivity contribution in [1.29, 1.82) is 0 Å². The minimum absolute atomic E-state index is 0.